The molecule has 0 aromatic rings. The zero-order valence-corrected chi connectivity index (χ0v) is 12.6. The first-order valence-corrected chi connectivity index (χ1v) is 7.22. The van der Waals surface area contributed by atoms with Crippen molar-refractivity contribution in [1.29, 1.82) is 0 Å². The van der Waals surface area contributed by atoms with Crippen LogP contribution < -0.4 is 5.32 Å². The Hall–Kier alpha value is -0.120. The Morgan fingerprint density at radius 2 is 2.11 bits per heavy atom. The Kier molecular flexibility index (Phi) is 4.05. The fourth-order valence-electron chi connectivity index (χ4n) is 3.59. The molecule has 1 saturated carbocycles. The monoisotopic (exact) mass is 255 g/mol. The lowest BCUT2D eigenvalue weighted by atomic mass is 9.57. The van der Waals surface area contributed by atoms with Gasteiger partial charge in [-0.3, -0.25) is 0 Å². The van der Waals surface area contributed by atoms with Crippen LogP contribution in [-0.2, 0) is 9.47 Å². The Bertz CT molecular complexity index is 288. The van der Waals surface area contributed by atoms with E-state index in [0.717, 1.165) is 32.1 Å². The van der Waals surface area contributed by atoms with E-state index in [9.17, 15) is 0 Å². The molecule has 0 spiro atoms. The number of hydrogen-bond donors (Lipinski definition) is 1. The molecule has 3 heteroatoms. The predicted octanol–water partition coefficient (Wildman–Crippen LogP) is 2.45. The van der Waals surface area contributed by atoms with Gasteiger partial charge in [-0.15, -0.1) is 0 Å². The van der Waals surface area contributed by atoms with E-state index in [1.165, 1.54) is 6.42 Å². The highest BCUT2D eigenvalue weighted by Gasteiger charge is 2.59. The van der Waals surface area contributed by atoms with E-state index in [4.69, 9.17) is 9.47 Å². The van der Waals surface area contributed by atoms with Crippen LogP contribution in [0.5, 0.6) is 0 Å². The van der Waals surface area contributed by atoms with Gasteiger partial charge in [0, 0.05) is 44.2 Å². The first-order valence-electron chi connectivity index (χ1n) is 7.22. The van der Waals surface area contributed by atoms with Crippen molar-refractivity contribution in [2.24, 2.45) is 16.7 Å². The summed E-state index contributed by atoms with van der Waals surface area (Å²) in [4.78, 5) is 0. The van der Waals surface area contributed by atoms with Gasteiger partial charge in [-0.1, -0.05) is 27.7 Å². The lowest BCUT2D eigenvalue weighted by molar-refractivity contribution is -0.114. The fourth-order valence-corrected chi connectivity index (χ4v) is 3.59. The van der Waals surface area contributed by atoms with Crippen LogP contribution in [0.1, 0.15) is 40.5 Å². The largest absolute Gasteiger partial charge is 0.385 e. The summed E-state index contributed by atoms with van der Waals surface area (Å²) in [7, 11) is 1.78. The number of fused-ring (bicyclic) bond motifs is 1. The zero-order valence-electron chi connectivity index (χ0n) is 12.6. The van der Waals surface area contributed by atoms with Crippen molar-refractivity contribution < 1.29 is 9.47 Å². The quantitative estimate of drug-likeness (QED) is 0.791. The lowest BCUT2D eigenvalue weighted by Crippen LogP contribution is -2.66. The number of rotatable bonds is 6. The molecule has 18 heavy (non-hydrogen) atoms. The van der Waals surface area contributed by atoms with Gasteiger partial charge in [0.05, 0.1) is 6.10 Å². The Morgan fingerprint density at radius 3 is 2.78 bits per heavy atom. The maximum Gasteiger partial charge on any atom is 0.0685 e. The molecular weight excluding hydrogens is 226 g/mol. The van der Waals surface area contributed by atoms with Crippen molar-refractivity contribution in [3.05, 3.63) is 0 Å². The maximum atomic E-state index is 5.83. The molecule has 2 rings (SSSR count). The Labute approximate surface area is 112 Å². The summed E-state index contributed by atoms with van der Waals surface area (Å²) < 4.78 is 11.0. The molecule has 3 nitrogen and oxygen atoms in total. The molecule has 3 unspecified atom stereocenters. The summed E-state index contributed by atoms with van der Waals surface area (Å²) in [5, 5.41) is 3.79. The minimum atomic E-state index is 0.290. The third-order valence-corrected chi connectivity index (χ3v) is 4.88. The lowest BCUT2D eigenvalue weighted by Gasteiger charge is -2.55. The zero-order chi connectivity index (χ0) is 13.4. The van der Waals surface area contributed by atoms with Crippen molar-refractivity contribution in [3.8, 4) is 0 Å². The van der Waals surface area contributed by atoms with E-state index in [1.54, 1.807) is 7.11 Å². The minimum Gasteiger partial charge on any atom is -0.385 e. The van der Waals surface area contributed by atoms with E-state index < -0.39 is 0 Å². The highest BCUT2D eigenvalue weighted by Crippen LogP contribution is 2.52. The van der Waals surface area contributed by atoms with E-state index in [-0.39, 0.29) is 0 Å². The molecular formula is C15H29NO2. The second kappa shape index (κ2) is 5.10. The molecule has 0 amide bonds. The third kappa shape index (κ3) is 2.59. The van der Waals surface area contributed by atoms with Crippen LogP contribution in [-0.4, -0.2) is 39.0 Å². The van der Waals surface area contributed by atoms with Crippen molar-refractivity contribution in [2.45, 2.75) is 52.7 Å². The van der Waals surface area contributed by atoms with Gasteiger partial charge in [-0.05, 0) is 18.3 Å². The molecule has 2 aliphatic rings. The molecule has 106 valence electrons. The van der Waals surface area contributed by atoms with E-state index in [0.29, 0.717) is 23.0 Å². The summed E-state index contributed by atoms with van der Waals surface area (Å²) in [5.41, 5.74) is 0.592. The molecule has 3 atom stereocenters. The summed E-state index contributed by atoms with van der Waals surface area (Å²) in [6, 6.07) is 0.617. The maximum absolute atomic E-state index is 5.83. The molecule has 1 aliphatic carbocycles. The van der Waals surface area contributed by atoms with Gasteiger partial charge in [0.15, 0.2) is 0 Å². The van der Waals surface area contributed by atoms with Crippen molar-refractivity contribution in [2.75, 3.05) is 26.9 Å². The normalized spacial score (nSPS) is 34.2. The molecule has 1 aliphatic heterocycles. The van der Waals surface area contributed by atoms with Crippen molar-refractivity contribution >= 4 is 0 Å². The number of nitrogens with one attached hydrogen (secondary N) is 1. The molecule has 2 fully saturated rings. The van der Waals surface area contributed by atoms with Gasteiger partial charge < -0.3 is 14.8 Å². The fraction of sp³-hybridized carbons (Fsp3) is 1.00. The van der Waals surface area contributed by atoms with Crippen LogP contribution in [0.15, 0.2) is 0 Å². The van der Waals surface area contributed by atoms with E-state index in [2.05, 4.69) is 33.0 Å². The Balaban J connectivity index is 1.83. The molecule has 0 aromatic heterocycles. The third-order valence-electron chi connectivity index (χ3n) is 4.88. The van der Waals surface area contributed by atoms with Gasteiger partial charge >= 0.3 is 0 Å². The van der Waals surface area contributed by atoms with E-state index in [1.807, 2.05) is 0 Å². The first kappa shape index (κ1) is 14.3. The standard InChI is InChI=1S/C15H29NO2/c1-14(2,7-9-17-5)10-16-12-11-6-8-18-13(11)15(12,3)4/h11-13,16H,6-10H2,1-5H3. The SMILES string of the molecule is COCCC(C)(C)CNC1C2CCOC2C1(C)C. The van der Waals surface area contributed by atoms with Crippen LogP contribution in [0, 0.1) is 16.7 Å². The summed E-state index contributed by atoms with van der Waals surface area (Å²) in [6.07, 6.45) is 2.82. The second-order valence-corrected chi connectivity index (χ2v) is 7.33. The average molecular weight is 255 g/mol. The Morgan fingerprint density at radius 1 is 1.39 bits per heavy atom. The van der Waals surface area contributed by atoms with Crippen LogP contribution in [0.4, 0.5) is 0 Å². The van der Waals surface area contributed by atoms with Gasteiger partial charge in [0.25, 0.3) is 0 Å². The van der Waals surface area contributed by atoms with Crippen LogP contribution >= 0.6 is 0 Å². The van der Waals surface area contributed by atoms with Crippen LogP contribution in [0.3, 0.4) is 0 Å². The molecule has 0 bridgehead atoms. The van der Waals surface area contributed by atoms with Crippen LogP contribution in [0.25, 0.3) is 0 Å². The van der Waals surface area contributed by atoms with Crippen molar-refractivity contribution in [3.63, 3.8) is 0 Å². The molecule has 0 aromatic carbocycles. The average Bonchev–Trinajstić information content (AvgIpc) is 2.73. The molecule has 0 radical (unpaired) electrons. The predicted molar refractivity (Wildman–Crippen MR) is 73.7 cm³/mol. The minimum absolute atomic E-state index is 0.290. The van der Waals surface area contributed by atoms with Gasteiger partial charge in [-0.25, -0.2) is 0 Å². The highest BCUT2D eigenvalue weighted by atomic mass is 16.5. The second-order valence-electron chi connectivity index (χ2n) is 7.33. The van der Waals surface area contributed by atoms with Crippen molar-refractivity contribution in [1.82, 2.24) is 5.32 Å². The van der Waals surface area contributed by atoms with Gasteiger partial charge in [-0.2, -0.15) is 0 Å². The highest BCUT2D eigenvalue weighted by molar-refractivity contribution is 5.11. The first-order chi connectivity index (χ1) is 8.38. The summed E-state index contributed by atoms with van der Waals surface area (Å²) in [5.74, 6) is 0.734. The summed E-state index contributed by atoms with van der Waals surface area (Å²) >= 11 is 0. The molecule has 1 N–H and O–H groups in total. The van der Waals surface area contributed by atoms with Crippen LogP contribution in [0.2, 0.25) is 0 Å². The molecule has 1 heterocycles. The van der Waals surface area contributed by atoms with Gasteiger partial charge in [0.2, 0.25) is 0 Å². The number of ether oxygens (including phenoxy) is 2. The van der Waals surface area contributed by atoms with E-state index >= 15 is 0 Å². The summed E-state index contributed by atoms with van der Waals surface area (Å²) in [6.45, 7) is 12.1. The molecule has 1 saturated heterocycles. The topological polar surface area (TPSA) is 30.5 Å². The smallest absolute Gasteiger partial charge is 0.0685 e. The number of hydrogen-bond acceptors (Lipinski definition) is 3. The number of methoxy groups -OCH3 is 1. The van der Waals surface area contributed by atoms with Gasteiger partial charge in [0.1, 0.15) is 0 Å².